The number of aliphatic hydroxyl groups is 3. The Morgan fingerprint density at radius 3 is 2.75 bits per heavy atom. The fraction of sp³-hybridized carbons (Fsp3) is 0.900. The highest BCUT2D eigenvalue weighted by molar-refractivity contribution is 5.71. The molecular weight excluding hydrogens is 216 g/mol. The van der Waals surface area contributed by atoms with Gasteiger partial charge in [-0.15, -0.1) is 0 Å². The minimum absolute atomic E-state index is 0.0481. The first-order valence-corrected chi connectivity index (χ1v) is 5.25. The fourth-order valence-corrected chi connectivity index (χ4v) is 1.70. The molecule has 1 saturated heterocycles. The Morgan fingerprint density at radius 2 is 2.25 bits per heavy atom. The molecule has 0 bridgehead atoms. The lowest BCUT2D eigenvalue weighted by Gasteiger charge is -2.37. The molecule has 0 amide bonds. The van der Waals surface area contributed by atoms with E-state index in [2.05, 4.69) is 0 Å². The number of ether oxygens (including phenoxy) is 2. The summed E-state index contributed by atoms with van der Waals surface area (Å²) in [4.78, 5) is 11.2. The van der Waals surface area contributed by atoms with Crippen LogP contribution in [-0.4, -0.2) is 52.5 Å². The highest BCUT2D eigenvalue weighted by Crippen LogP contribution is 2.28. The molecule has 0 radical (unpaired) electrons. The average Bonchev–Trinajstić information content (AvgIpc) is 2.26. The van der Waals surface area contributed by atoms with Crippen molar-refractivity contribution in [3.8, 4) is 0 Å². The fourth-order valence-electron chi connectivity index (χ4n) is 1.70. The normalized spacial score (nSPS) is 34.3. The first kappa shape index (κ1) is 13.4. The summed E-state index contributed by atoms with van der Waals surface area (Å²) < 4.78 is 9.68. The molecular formula is C10H18O6. The number of esters is 1. The smallest absolute Gasteiger partial charge is 0.311 e. The number of rotatable bonds is 4. The van der Waals surface area contributed by atoms with Crippen LogP contribution in [0.25, 0.3) is 0 Å². The van der Waals surface area contributed by atoms with Gasteiger partial charge in [0.25, 0.3) is 0 Å². The van der Waals surface area contributed by atoms with Crippen molar-refractivity contribution in [2.24, 2.45) is 0 Å². The van der Waals surface area contributed by atoms with Gasteiger partial charge in [0.05, 0.1) is 12.5 Å². The van der Waals surface area contributed by atoms with E-state index in [4.69, 9.17) is 9.47 Å². The van der Waals surface area contributed by atoms with Gasteiger partial charge in [0.1, 0.15) is 12.2 Å². The number of hydrogen-bond acceptors (Lipinski definition) is 6. The van der Waals surface area contributed by atoms with Crippen LogP contribution in [0.2, 0.25) is 0 Å². The third-order valence-corrected chi connectivity index (χ3v) is 2.80. The van der Waals surface area contributed by atoms with Crippen LogP contribution in [0.15, 0.2) is 0 Å². The molecule has 94 valence electrons. The molecule has 3 N–H and O–H groups in total. The molecule has 1 heterocycles. The number of carbonyl (C=O) groups excluding carboxylic acids is 1. The molecule has 1 rings (SSSR count). The molecule has 0 aromatic rings. The van der Waals surface area contributed by atoms with Crippen molar-refractivity contribution >= 4 is 5.97 Å². The maximum absolute atomic E-state index is 11.2. The van der Waals surface area contributed by atoms with Crippen LogP contribution in [0.1, 0.15) is 26.2 Å². The quantitative estimate of drug-likeness (QED) is 0.433. The Bertz CT molecular complexity index is 256. The molecule has 4 atom stereocenters. The molecule has 0 spiro atoms. The number of hydrogen-bond donors (Lipinski definition) is 3. The van der Waals surface area contributed by atoms with E-state index in [1.165, 1.54) is 7.11 Å². The van der Waals surface area contributed by atoms with Gasteiger partial charge in [-0.05, 0) is 6.42 Å². The molecule has 6 heteroatoms. The molecule has 6 nitrogen and oxygen atoms in total. The second kappa shape index (κ2) is 5.09. The predicted octanol–water partition coefficient (Wildman–Crippen LogP) is -0.841. The van der Waals surface area contributed by atoms with Crippen molar-refractivity contribution < 1.29 is 29.6 Å². The first-order valence-electron chi connectivity index (χ1n) is 5.25. The van der Waals surface area contributed by atoms with Gasteiger partial charge in [0.15, 0.2) is 5.79 Å². The molecule has 1 aliphatic heterocycles. The van der Waals surface area contributed by atoms with Crippen LogP contribution in [0, 0.1) is 0 Å². The van der Waals surface area contributed by atoms with Gasteiger partial charge in [0, 0.05) is 13.5 Å². The van der Waals surface area contributed by atoms with Crippen LogP contribution >= 0.6 is 0 Å². The van der Waals surface area contributed by atoms with Gasteiger partial charge in [-0.25, -0.2) is 0 Å². The van der Waals surface area contributed by atoms with Gasteiger partial charge >= 0.3 is 5.97 Å². The lowest BCUT2D eigenvalue weighted by molar-refractivity contribution is -0.248. The SMILES string of the molecule is CC[C@@H](O)[C@H](O)[C@@H]1C[C@](O)(OC)CC(=O)O1. The van der Waals surface area contributed by atoms with Crippen molar-refractivity contribution in [1.82, 2.24) is 0 Å². The van der Waals surface area contributed by atoms with Crippen LogP contribution < -0.4 is 0 Å². The monoisotopic (exact) mass is 234 g/mol. The molecule has 16 heavy (non-hydrogen) atoms. The van der Waals surface area contributed by atoms with E-state index >= 15 is 0 Å². The van der Waals surface area contributed by atoms with Crippen molar-refractivity contribution in [3.63, 3.8) is 0 Å². The van der Waals surface area contributed by atoms with Crippen LogP contribution in [0.4, 0.5) is 0 Å². The van der Waals surface area contributed by atoms with Gasteiger partial charge in [-0.3, -0.25) is 4.79 Å². The molecule has 0 aromatic heterocycles. The third kappa shape index (κ3) is 2.91. The third-order valence-electron chi connectivity index (χ3n) is 2.80. The van der Waals surface area contributed by atoms with E-state index in [1.807, 2.05) is 0 Å². The maximum Gasteiger partial charge on any atom is 0.311 e. The second-order valence-electron chi connectivity index (χ2n) is 4.03. The zero-order chi connectivity index (χ0) is 12.3. The Morgan fingerprint density at radius 1 is 1.62 bits per heavy atom. The molecule has 1 fully saturated rings. The minimum atomic E-state index is -1.62. The van der Waals surface area contributed by atoms with Gasteiger partial charge < -0.3 is 24.8 Å². The summed E-state index contributed by atoms with van der Waals surface area (Å²) in [5.74, 6) is -2.27. The van der Waals surface area contributed by atoms with E-state index in [0.717, 1.165) is 0 Å². The summed E-state index contributed by atoms with van der Waals surface area (Å²) in [6.45, 7) is 1.70. The number of aliphatic hydroxyl groups excluding tert-OH is 2. The number of methoxy groups -OCH3 is 1. The lowest BCUT2D eigenvalue weighted by atomic mass is 9.94. The molecule has 0 aliphatic carbocycles. The van der Waals surface area contributed by atoms with Crippen molar-refractivity contribution in [2.45, 2.75) is 50.3 Å². The Labute approximate surface area is 93.8 Å². The Balaban J connectivity index is 2.70. The Hall–Kier alpha value is -0.690. The Kier molecular flexibility index (Phi) is 4.26. The van der Waals surface area contributed by atoms with E-state index < -0.39 is 30.1 Å². The summed E-state index contributed by atoms with van der Waals surface area (Å²) in [6, 6.07) is 0. The standard InChI is InChI=1S/C10H18O6/c1-3-6(11)9(13)7-4-10(14,15-2)5-8(12)16-7/h6-7,9,11,13-14H,3-5H2,1-2H3/t6-,7+,9+,10+/m1/s1. The molecule has 0 unspecified atom stereocenters. The van der Waals surface area contributed by atoms with Gasteiger partial charge in [-0.1, -0.05) is 6.92 Å². The molecule has 0 aromatic carbocycles. The summed E-state index contributed by atoms with van der Waals surface area (Å²) in [7, 11) is 1.28. The summed E-state index contributed by atoms with van der Waals surface area (Å²) in [6.07, 6.45) is -3.13. The van der Waals surface area contributed by atoms with E-state index in [-0.39, 0.29) is 12.8 Å². The zero-order valence-electron chi connectivity index (χ0n) is 9.42. The van der Waals surface area contributed by atoms with Gasteiger partial charge in [-0.2, -0.15) is 0 Å². The van der Waals surface area contributed by atoms with Crippen LogP contribution in [0.5, 0.6) is 0 Å². The maximum atomic E-state index is 11.2. The zero-order valence-corrected chi connectivity index (χ0v) is 9.42. The highest BCUT2D eigenvalue weighted by atomic mass is 16.6. The minimum Gasteiger partial charge on any atom is -0.459 e. The summed E-state index contributed by atoms with van der Waals surface area (Å²) in [5.41, 5.74) is 0. The second-order valence-corrected chi connectivity index (χ2v) is 4.03. The van der Waals surface area contributed by atoms with Crippen molar-refractivity contribution in [1.29, 1.82) is 0 Å². The summed E-state index contributed by atoms with van der Waals surface area (Å²) in [5, 5.41) is 28.9. The van der Waals surface area contributed by atoms with E-state index in [1.54, 1.807) is 6.92 Å². The van der Waals surface area contributed by atoms with Crippen LogP contribution in [0.3, 0.4) is 0 Å². The number of cyclic esters (lactones) is 1. The number of carbonyl (C=O) groups is 1. The predicted molar refractivity (Wildman–Crippen MR) is 53.4 cm³/mol. The lowest BCUT2D eigenvalue weighted by Crippen LogP contribution is -2.51. The highest BCUT2D eigenvalue weighted by Gasteiger charge is 2.44. The topological polar surface area (TPSA) is 96.2 Å². The van der Waals surface area contributed by atoms with Crippen molar-refractivity contribution in [2.75, 3.05) is 7.11 Å². The average molecular weight is 234 g/mol. The van der Waals surface area contributed by atoms with E-state index in [0.29, 0.717) is 6.42 Å². The van der Waals surface area contributed by atoms with Crippen LogP contribution in [-0.2, 0) is 14.3 Å². The van der Waals surface area contributed by atoms with Crippen molar-refractivity contribution in [3.05, 3.63) is 0 Å². The molecule has 0 saturated carbocycles. The summed E-state index contributed by atoms with van der Waals surface area (Å²) >= 11 is 0. The largest absolute Gasteiger partial charge is 0.459 e. The van der Waals surface area contributed by atoms with E-state index in [9.17, 15) is 20.1 Å². The molecule has 1 aliphatic rings. The first-order chi connectivity index (χ1) is 7.41. The van der Waals surface area contributed by atoms with Gasteiger partial charge in [0.2, 0.25) is 0 Å².